The molecular formula is C27H32N2O6. The van der Waals surface area contributed by atoms with E-state index in [9.17, 15) is 19.5 Å². The van der Waals surface area contributed by atoms with E-state index < -0.39 is 29.2 Å². The number of nitrogens with zero attached hydrogens (tertiary/aromatic N) is 1. The molecule has 1 aliphatic heterocycles. The molecule has 8 nitrogen and oxygen atoms in total. The second-order valence-electron chi connectivity index (χ2n) is 10.3. The fourth-order valence-corrected chi connectivity index (χ4v) is 4.90. The molecule has 1 atom stereocenters. The topological polar surface area (TPSA) is 105 Å². The van der Waals surface area contributed by atoms with Crippen molar-refractivity contribution in [1.29, 1.82) is 0 Å². The number of hydrogen-bond donors (Lipinski definition) is 2. The number of ether oxygens (including phenoxy) is 2. The average molecular weight is 481 g/mol. The number of benzene rings is 2. The number of likely N-dealkylation sites (tertiary alicyclic amines) is 1. The summed E-state index contributed by atoms with van der Waals surface area (Å²) < 4.78 is 11.0. The Bertz CT molecular complexity index is 1080. The van der Waals surface area contributed by atoms with Crippen LogP contribution in [0.4, 0.5) is 9.59 Å². The van der Waals surface area contributed by atoms with Crippen molar-refractivity contribution in [2.45, 2.75) is 45.1 Å². The van der Waals surface area contributed by atoms with Gasteiger partial charge >= 0.3 is 18.2 Å². The fraction of sp³-hybridized carbons (Fsp3) is 0.444. The Labute approximate surface area is 205 Å². The molecule has 2 amide bonds. The van der Waals surface area contributed by atoms with Gasteiger partial charge in [0, 0.05) is 25.6 Å². The van der Waals surface area contributed by atoms with Crippen molar-refractivity contribution in [1.82, 2.24) is 10.2 Å². The molecule has 0 saturated carbocycles. The van der Waals surface area contributed by atoms with E-state index in [-0.39, 0.29) is 25.6 Å². The zero-order valence-electron chi connectivity index (χ0n) is 20.4. The Morgan fingerprint density at radius 2 is 1.66 bits per heavy atom. The highest BCUT2D eigenvalue weighted by Gasteiger charge is 2.45. The van der Waals surface area contributed by atoms with Crippen LogP contribution in [0, 0.1) is 5.41 Å². The summed E-state index contributed by atoms with van der Waals surface area (Å²) in [6, 6.07) is 16.1. The molecule has 4 rings (SSSR count). The third-order valence-corrected chi connectivity index (χ3v) is 6.60. The lowest BCUT2D eigenvalue weighted by Gasteiger charge is -2.40. The van der Waals surface area contributed by atoms with E-state index in [1.807, 2.05) is 36.4 Å². The highest BCUT2D eigenvalue weighted by molar-refractivity contribution is 5.80. The van der Waals surface area contributed by atoms with Crippen LogP contribution in [0.15, 0.2) is 48.5 Å². The predicted molar refractivity (Wildman–Crippen MR) is 130 cm³/mol. The Kier molecular flexibility index (Phi) is 6.74. The second kappa shape index (κ2) is 9.60. The number of piperidine rings is 1. The SMILES string of the molecule is CC(C)(C)OC(=O)N1CCCC(CNC(=O)OCC2c3ccccc3-c3ccccc32)(C(=O)O)C1. The summed E-state index contributed by atoms with van der Waals surface area (Å²) in [5.41, 5.74) is 2.48. The van der Waals surface area contributed by atoms with Crippen LogP contribution in [-0.4, -0.2) is 60.0 Å². The van der Waals surface area contributed by atoms with Gasteiger partial charge in [0.05, 0.1) is 0 Å². The molecule has 2 aromatic rings. The Morgan fingerprint density at radius 1 is 1.06 bits per heavy atom. The van der Waals surface area contributed by atoms with Gasteiger partial charge in [0.1, 0.15) is 17.6 Å². The van der Waals surface area contributed by atoms with Crippen molar-refractivity contribution in [2.24, 2.45) is 5.41 Å². The first-order chi connectivity index (χ1) is 16.6. The van der Waals surface area contributed by atoms with Gasteiger partial charge in [0.2, 0.25) is 0 Å². The number of aliphatic carboxylic acids is 1. The molecule has 2 aromatic carbocycles. The van der Waals surface area contributed by atoms with Gasteiger partial charge < -0.3 is 24.8 Å². The van der Waals surface area contributed by atoms with E-state index in [2.05, 4.69) is 17.4 Å². The van der Waals surface area contributed by atoms with Crippen LogP contribution in [0.3, 0.4) is 0 Å². The number of amides is 2. The van der Waals surface area contributed by atoms with Gasteiger partial charge in [-0.25, -0.2) is 9.59 Å². The molecular weight excluding hydrogens is 448 g/mol. The number of rotatable bonds is 5. The molecule has 0 bridgehead atoms. The molecule has 2 aliphatic rings. The lowest BCUT2D eigenvalue weighted by atomic mass is 9.80. The molecule has 2 N–H and O–H groups in total. The highest BCUT2D eigenvalue weighted by atomic mass is 16.6. The van der Waals surface area contributed by atoms with E-state index in [0.717, 1.165) is 22.3 Å². The van der Waals surface area contributed by atoms with Crippen molar-refractivity contribution in [3.05, 3.63) is 59.7 Å². The molecule has 0 radical (unpaired) electrons. The van der Waals surface area contributed by atoms with E-state index in [1.165, 1.54) is 4.90 Å². The van der Waals surface area contributed by atoms with Gasteiger partial charge in [-0.15, -0.1) is 0 Å². The third-order valence-electron chi connectivity index (χ3n) is 6.60. The number of carbonyl (C=O) groups excluding carboxylic acids is 2. The van der Waals surface area contributed by atoms with E-state index >= 15 is 0 Å². The predicted octanol–water partition coefficient (Wildman–Crippen LogP) is 4.63. The van der Waals surface area contributed by atoms with Crippen LogP contribution < -0.4 is 5.32 Å². The third kappa shape index (κ3) is 5.26. The summed E-state index contributed by atoms with van der Waals surface area (Å²) in [4.78, 5) is 38.7. The van der Waals surface area contributed by atoms with Crippen LogP contribution in [-0.2, 0) is 14.3 Å². The first kappa shape index (κ1) is 24.6. The summed E-state index contributed by atoms with van der Waals surface area (Å²) in [5, 5.41) is 12.6. The van der Waals surface area contributed by atoms with Crippen LogP contribution in [0.25, 0.3) is 11.1 Å². The van der Waals surface area contributed by atoms with Crippen molar-refractivity contribution < 1.29 is 29.0 Å². The summed E-state index contributed by atoms with van der Waals surface area (Å²) in [5.74, 6) is -1.15. The summed E-state index contributed by atoms with van der Waals surface area (Å²) >= 11 is 0. The van der Waals surface area contributed by atoms with Gasteiger partial charge in [-0.3, -0.25) is 4.79 Å². The molecule has 8 heteroatoms. The van der Waals surface area contributed by atoms with E-state index in [1.54, 1.807) is 20.8 Å². The van der Waals surface area contributed by atoms with Crippen molar-refractivity contribution in [3.63, 3.8) is 0 Å². The lowest BCUT2D eigenvalue weighted by molar-refractivity contribution is -0.151. The minimum Gasteiger partial charge on any atom is -0.481 e. The zero-order chi connectivity index (χ0) is 25.2. The van der Waals surface area contributed by atoms with Gasteiger partial charge in [0.25, 0.3) is 0 Å². The number of fused-ring (bicyclic) bond motifs is 3. The van der Waals surface area contributed by atoms with Gasteiger partial charge in [-0.2, -0.15) is 0 Å². The first-order valence-electron chi connectivity index (χ1n) is 11.9. The molecule has 1 unspecified atom stereocenters. The minimum absolute atomic E-state index is 0.0408. The molecule has 0 spiro atoms. The molecule has 35 heavy (non-hydrogen) atoms. The first-order valence-corrected chi connectivity index (χ1v) is 11.9. The molecule has 1 fully saturated rings. The zero-order valence-corrected chi connectivity index (χ0v) is 20.4. The van der Waals surface area contributed by atoms with Crippen LogP contribution in [0.1, 0.15) is 50.7 Å². The fourth-order valence-electron chi connectivity index (χ4n) is 4.90. The Morgan fingerprint density at radius 3 is 2.23 bits per heavy atom. The van der Waals surface area contributed by atoms with Crippen LogP contribution in [0.2, 0.25) is 0 Å². The quantitative estimate of drug-likeness (QED) is 0.647. The van der Waals surface area contributed by atoms with Gasteiger partial charge in [0.15, 0.2) is 0 Å². The van der Waals surface area contributed by atoms with E-state index in [0.29, 0.717) is 19.4 Å². The summed E-state index contributed by atoms with van der Waals surface area (Å²) in [7, 11) is 0. The minimum atomic E-state index is -1.30. The largest absolute Gasteiger partial charge is 0.481 e. The average Bonchev–Trinajstić information content (AvgIpc) is 3.14. The summed E-state index contributed by atoms with van der Waals surface area (Å²) in [6.45, 7) is 5.66. The van der Waals surface area contributed by atoms with Crippen molar-refractivity contribution in [2.75, 3.05) is 26.2 Å². The second-order valence-corrected chi connectivity index (χ2v) is 10.3. The maximum absolute atomic E-state index is 12.6. The van der Waals surface area contributed by atoms with Crippen molar-refractivity contribution >= 4 is 18.2 Å². The maximum Gasteiger partial charge on any atom is 0.410 e. The number of carbonyl (C=O) groups is 3. The maximum atomic E-state index is 12.6. The normalized spacial score (nSPS) is 19.5. The number of hydrogen-bond acceptors (Lipinski definition) is 5. The molecule has 1 aliphatic carbocycles. The summed E-state index contributed by atoms with van der Waals surface area (Å²) in [6.07, 6.45) is -0.394. The number of carboxylic acid groups (broad SMARTS) is 1. The number of nitrogens with one attached hydrogen (secondary N) is 1. The number of carboxylic acids is 1. The smallest absolute Gasteiger partial charge is 0.410 e. The molecule has 0 aromatic heterocycles. The molecule has 186 valence electrons. The molecule has 1 saturated heterocycles. The van der Waals surface area contributed by atoms with Crippen molar-refractivity contribution in [3.8, 4) is 11.1 Å². The monoisotopic (exact) mass is 480 g/mol. The standard InChI is InChI=1S/C27H32N2O6/c1-26(2,3)35-25(33)29-14-8-13-27(17-29,23(30)31)16-28-24(32)34-15-22-20-11-6-4-9-18(20)19-10-5-7-12-21(19)22/h4-7,9-12,22H,8,13-17H2,1-3H3,(H,28,32)(H,30,31). The molecule has 1 heterocycles. The highest BCUT2D eigenvalue weighted by Crippen LogP contribution is 2.44. The van der Waals surface area contributed by atoms with E-state index in [4.69, 9.17) is 9.47 Å². The lowest BCUT2D eigenvalue weighted by Crippen LogP contribution is -2.55. The van der Waals surface area contributed by atoms with Gasteiger partial charge in [-0.1, -0.05) is 48.5 Å². The van der Waals surface area contributed by atoms with Crippen LogP contribution >= 0.6 is 0 Å². The van der Waals surface area contributed by atoms with Gasteiger partial charge in [-0.05, 0) is 55.9 Å². The Balaban J connectivity index is 1.38. The van der Waals surface area contributed by atoms with Crippen LogP contribution in [0.5, 0.6) is 0 Å². The Hall–Kier alpha value is -3.55. The number of alkyl carbamates (subject to hydrolysis) is 1.